The van der Waals surface area contributed by atoms with E-state index in [1.54, 1.807) is 164 Å². The molecule has 0 bridgehead atoms. The van der Waals surface area contributed by atoms with Crippen LogP contribution >= 0.6 is 23.2 Å². The molecule has 37 heteroatoms. The number of methoxy groups -OCH3 is 9. The van der Waals surface area contributed by atoms with Crippen molar-refractivity contribution in [2.75, 3.05) is 111 Å². The number of carbonyl (C=O) groups is 1. The fourth-order valence-corrected chi connectivity index (χ4v) is 12.2. The molecule has 0 spiro atoms. The van der Waals surface area contributed by atoms with Crippen molar-refractivity contribution < 1.29 is 86.7 Å². The monoisotopic (exact) mass is 1500 g/mol. The van der Waals surface area contributed by atoms with Gasteiger partial charge in [0.05, 0.1) is 142 Å². The summed E-state index contributed by atoms with van der Waals surface area (Å²) < 4.78 is 58.8. The van der Waals surface area contributed by atoms with Crippen molar-refractivity contribution >= 4 is 86.9 Å². The number of aldehydes is 1. The predicted octanol–water partition coefficient (Wildman–Crippen LogP) is 6.43. The van der Waals surface area contributed by atoms with Gasteiger partial charge in [0.25, 0.3) is 0 Å². The molecular weight excluding hydrogens is 1420 g/mol. The Bertz CT molecular complexity index is 4910. The molecule has 12 aromatic rings. The normalized spacial score (nSPS) is 14.2. The number of aliphatic hydroxyl groups excluding tert-OH is 4. The number of aliphatic hydroxyl groups is 4. The number of hydrogen-bond donors (Lipinski definition) is 8. The van der Waals surface area contributed by atoms with E-state index in [4.69, 9.17) is 81.0 Å². The van der Waals surface area contributed by atoms with Gasteiger partial charge in [0.2, 0.25) is 33.8 Å². The summed E-state index contributed by atoms with van der Waals surface area (Å²) in [6, 6.07) is 21.9. The molecule has 2 aliphatic heterocycles. The third kappa shape index (κ3) is 17.7. The van der Waals surface area contributed by atoms with Crippen LogP contribution in [0.25, 0.3) is 33.6 Å². The van der Waals surface area contributed by atoms with Crippen molar-refractivity contribution in [1.82, 2.24) is 77.8 Å². The summed E-state index contributed by atoms with van der Waals surface area (Å²) in [5, 5.41) is 64.3. The maximum absolute atomic E-state index is 11.2. The van der Waals surface area contributed by atoms with Crippen LogP contribution in [0.5, 0.6) is 51.7 Å². The van der Waals surface area contributed by atoms with Gasteiger partial charge in [-0.25, -0.2) is 28.5 Å². The Morgan fingerprint density at radius 1 is 0.523 bits per heavy atom. The molecule has 0 amide bonds. The summed E-state index contributed by atoms with van der Waals surface area (Å²) in [7, 11) is 14.0. The third-order valence-electron chi connectivity index (χ3n) is 17.1. The van der Waals surface area contributed by atoms with E-state index in [1.807, 2.05) is 52.1 Å². The van der Waals surface area contributed by atoms with Crippen LogP contribution in [0.15, 0.2) is 110 Å². The fourth-order valence-electron chi connectivity index (χ4n) is 11.9. The first-order valence-electron chi connectivity index (χ1n) is 32.8. The van der Waals surface area contributed by atoms with Crippen LogP contribution in [0.1, 0.15) is 73.6 Å². The second-order valence-corrected chi connectivity index (χ2v) is 24.2. The fraction of sp³-hybridized carbons (Fsp3) is 0.329. The van der Waals surface area contributed by atoms with Crippen LogP contribution in [0.4, 0.5) is 40.9 Å². The van der Waals surface area contributed by atoms with E-state index in [9.17, 15) is 20.1 Å². The molecule has 9 aromatic heterocycles. The summed E-state index contributed by atoms with van der Waals surface area (Å²) >= 11 is 12.1. The minimum atomic E-state index is -0.718. The van der Waals surface area contributed by atoms with Gasteiger partial charge in [0.1, 0.15) is 58.7 Å². The Morgan fingerprint density at radius 2 is 0.907 bits per heavy atom. The smallest absolute Gasteiger partial charge is 0.493 e. The molecule has 2 saturated heterocycles. The first-order valence-corrected chi connectivity index (χ1v) is 33.6. The van der Waals surface area contributed by atoms with E-state index in [0.717, 1.165) is 49.4 Å². The van der Waals surface area contributed by atoms with Crippen molar-refractivity contribution in [3.63, 3.8) is 0 Å². The Kier molecular flexibility index (Phi) is 27.4. The number of fused-ring (bicyclic) bond motifs is 3. The molecule has 4 atom stereocenters. The number of nitrogens with one attached hydrogen (secondary N) is 4. The molecule has 3 aromatic carbocycles. The average Bonchev–Trinajstić information content (AvgIpc) is 1.78. The summed E-state index contributed by atoms with van der Waals surface area (Å²) in [5.74, 6) is 8.17. The zero-order valence-electron chi connectivity index (χ0n) is 61.2. The molecule has 0 aliphatic carbocycles. The summed E-state index contributed by atoms with van der Waals surface area (Å²) in [6.07, 6.45) is 13.8. The van der Waals surface area contributed by atoms with Gasteiger partial charge in [0, 0.05) is 49.0 Å². The number of hydrogen-bond acceptors (Lipinski definition) is 28. The van der Waals surface area contributed by atoms with Gasteiger partial charge < -0.3 is 110 Å². The molecule has 11 heterocycles. The molecule has 107 heavy (non-hydrogen) atoms. The van der Waals surface area contributed by atoms with Gasteiger partial charge in [-0.05, 0) is 106 Å². The van der Waals surface area contributed by atoms with Gasteiger partial charge >= 0.3 is 18.9 Å². The molecule has 2 unspecified atom stereocenters. The standard InChI is InChI=1S/C25H31N7O5.C20H21ClN6O4.C19H17ClN6O4.C5H11NO.CH3.Li/c1-15(34)18-7-8-19-24(28-25(29-32(18)19)31-9-5-6-16(31)13-33)27-22-12-30(14-26-22)17-10-20(35-2)23(37-4)21(11-17)36-3;1-11(28)13-5-6-14-19(24-20(21)25-27(13)14)23-17-9-26(10-22-17)12-7-15(29-2)18(31-4)16(8-12)30-3;1-28-14-6-12(7-15(29-2)17(14)30-3)25-8-16(21-10-25)22-18-13-5-4-11(9-27)26(13)24-19(20)23-18;7-4-5-2-1-3-6-5;;/h7-8,10-12,14-16,33-34H,5-6,9,13H2,1-4H3,(H,27,28,29);5-11,28H,1-4H3,(H,23,24,25);4-10H,1-3H3,(H,22,23,24);5-7H,1-4H2;1H3;/q;;;;-1;+1/t15?,16-;;;5-;;/m0..0../s1. The van der Waals surface area contributed by atoms with Crippen LogP contribution in [-0.2, 0) is 0 Å². The van der Waals surface area contributed by atoms with E-state index >= 15 is 0 Å². The van der Waals surface area contributed by atoms with E-state index in [1.165, 1.54) is 10.9 Å². The van der Waals surface area contributed by atoms with Gasteiger partial charge in [-0.2, -0.15) is 15.0 Å². The third-order valence-corrected chi connectivity index (χ3v) is 17.4. The van der Waals surface area contributed by atoms with Gasteiger partial charge in [-0.1, -0.05) is 0 Å². The largest absolute Gasteiger partial charge is 1.00 e. The van der Waals surface area contributed by atoms with E-state index in [-0.39, 0.29) is 49.5 Å². The number of imidazole rings is 3. The zero-order chi connectivity index (χ0) is 74.6. The maximum Gasteiger partial charge on any atom is 1.00 e. The number of nitrogens with zero attached hydrogens (tertiary/aromatic N) is 16. The zero-order valence-corrected chi connectivity index (χ0v) is 62.7. The number of carbonyl (C=O) groups excluding carboxylic acids is 1. The Hall–Kier alpha value is -10.8. The molecule has 2 fully saturated rings. The predicted molar refractivity (Wildman–Crippen MR) is 397 cm³/mol. The second-order valence-electron chi connectivity index (χ2n) is 23.5. The first kappa shape index (κ1) is 80.3. The van der Waals surface area contributed by atoms with Gasteiger partial charge in [-0.3, -0.25) is 4.79 Å². The molecular formula is C70H83Cl2LiN20O14. The molecule has 8 N–H and O–H groups in total. The topological polar surface area (TPSA) is 376 Å². The van der Waals surface area contributed by atoms with Gasteiger partial charge in [-0.15, -0.1) is 15.3 Å². The number of anilines is 7. The minimum absolute atomic E-state index is 0. The quantitative estimate of drug-likeness (QED) is 0.0184. The van der Waals surface area contributed by atoms with E-state index < -0.39 is 12.2 Å². The van der Waals surface area contributed by atoms with Crippen LogP contribution in [0.2, 0.25) is 10.6 Å². The molecule has 562 valence electrons. The second kappa shape index (κ2) is 36.5. The van der Waals surface area contributed by atoms with Crippen molar-refractivity contribution in [2.24, 2.45) is 0 Å². The first-order chi connectivity index (χ1) is 50.9. The van der Waals surface area contributed by atoms with Gasteiger partial charge in [0.15, 0.2) is 58.2 Å². The van der Waals surface area contributed by atoms with E-state index in [2.05, 4.69) is 56.4 Å². The number of rotatable bonds is 24. The summed E-state index contributed by atoms with van der Waals surface area (Å²) in [4.78, 5) is 39.7. The molecule has 2 aliphatic rings. The molecule has 0 saturated carbocycles. The Labute approximate surface area is 637 Å². The number of benzene rings is 3. The number of aromatic nitrogens is 15. The number of ether oxygens (including phenoxy) is 9. The van der Waals surface area contributed by atoms with Crippen molar-refractivity contribution in [1.29, 1.82) is 0 Å². The Balaban J connectivity index is 0.000000176. The van der Waals surface area contributed by atoms with Crippen LogP contribution in [-0.4, -0.2) is 202 Å². The SMILES string of the molecule is COc1cc(-n2cnc(Nc3nc(Cl)nn4c(C(C)O)ccc34)c2)cc(OC)c1OC.COc1cc(-n2cnc(Nc3nc(Cl)nn4c(C=O)ccc34)c2)cc(OC)c1OC.COc1cc(-n2cnc(Nc3nc(N4CCC[C@H]4CO)nn4c(C(C)O)ccc34)c2)cc(OC)c1OC.OC[C@@H]1CCCN1.[CH3-].[Li+]. The maximum atomic E-state index is 11.2. The van der Waals surface area contributed by atoms with Crippen LogP contribution in [0.3, 0.4) is 0 Å². The van der Waals surface area contributed by atoms with Crippen LogP contribution in [0, 0.1) is 7.43 Å². The van der Waals surface area contributed by atoms with Crippen molar-refractivity contribution in [3.05, 3.63) is 145 Å². The average molecular weight is 1510 g/mol. The van der Waals surface area contributed by atoms with Crippen molar-refractivity contribution in [3.8, 4) is 68.8 Å². The van der Waals surface area contributed by atoms with E-state index in [0.29, 0.717) is 145 Å². The molecule has 34 nitrogen and oxygen atoms in total. The Morgan fingerprint density at radius 3 is 1.25 bits per heavy atom. The molecule has 14 rings (SSSR count). The molecule has 0 radical (unpaired) electrons. The summed E-state index contributed by atoms with van der Waals surface area (Å²) in [5.41, 5.74) is 5.83. The van der Waals surface area contributed by atoms with Crippen molar-refractivity contribution in [2.45, 2.75) is 63.8 Å². The summed E-state index contributed by atoms with van der Waals surface area (Å²) in [6.45, 7) is 5.52. The van der Waals surface area contributed by atoms with Crippen LogP contribution < -0.4 is 87.7 Å². The minimum Gasteiger partial charge on any atom is -0.493 e. The number of halogens is 2.